The van der Waals surface area contributed by atoms with Gasteiger partial charge in [0.2, 0.25) is 0 Å². The quantitative estimate of drug-likeness (QED) is 0.145. The fourth-order valence-electron chi connectivity index (χ4n) is 2.88. The van der Waals surface area contributed by atoms with Gasteiger partial charge in [-0.15, -0.1) is 0 Å². The molecule has 0 aromatic carbocycles. The third-order valence-corrected chi connectivity index (χ3v) is 4.54. The molecule has 0 fully saturated rings. The van der Waals surface area contributed by atoms with E-state index in [2.05, 4.69) is 36.0 Å². The number of methoxy groups -OCH3 is 1. The van der Waals surface area contributed by atoms with E-state index in [9.17, 15) is 4.79 Å². The van der Waals surface area contributed by atoms with Crippen LogP contribution in [0.4, 0.5) is 0 Å². The van der Waals surface area contributed by atoms with E-state index >= 15 is 0 Å². The van der Waals surface area contributed by atoms with Crippen molar-refractivity contribution in [2.75, 3.05) is 7.11 Å². The highest BCUT2D eigenvalue weighted by atomic mass is 16.5. The molecule has 0 saturated carbocycles. The van der Waals surface area contributed by atoms with Crippen LogP contribution in [0.2, 0.25) is 0 Å². The molecule has 0 aromatic heterocycles. The van der Waals surface area contributed by atoms with Crippen LogP contribution in [-0.4, -0.2) is 13.1 Å². The molecule has 0 aliphatic heterocycles. The molecule has 0 bridgehead atoms. The summed E-state index contributed by atoms with van der Waals surface area (Å²) in [5.41, 5.74) is 0. The van der Waals surface area contributed by atoms with E-state index in [1.807, 2.05) is 0 Å². The molecule has 0 atom stereocenters. The fraction of sp³-hybridized carbons (Fsp3) is 0.783. The molecular weight excluding hydrogens is 308 g/mol. The molecule has 0 amide bonds. The van der Waals surface area contributed by atoms with Crippen LogP contribution in [0.1, 0.15) is 110 Å². The minimum absolute atomic E-state index is 0.108. The summed E-state index contributed by atoms with van der Waals surface area (Å²) < 4.78 is 4.62. The Balaban J connectivity index is 3.19. The topological polar surface area (TPSA) is 26.3 Å². The Labute approximate surface area is 157 Å². The molecule has 2 nitrogen and oxygen atoms in total. The normalized spacial score (nSPS) is 11.6. The SMILES string of the molecule is CCCCCCCCCCCCC=CCCC=CCCCC(=O)OC. The summed E-state index contributed by atoms with van der Waals surface area (Å²) in [4.78, 5) is 10.9. The highest BCUT2D eigenvalue weighted by Gasteiger charge is 1.96. The lowest BCUT2D eigenvalue weighted by Crippen LogP contribution is -1.98. The highest BCUT2D eigenvalue weighted by Crippen LogP contribution is 2.11. The number of hydrogen-bond donors (Lipinski definition) is 0. The van der Waals surface area contributed by atoms with Gasteiger partial charge in [-0.3, -0.25) is 4.79 Å². The molecular formula is C23H42O2. The Hall–Kier alpha value is -1.05. The monoisotopic (exact) mass is 350 g/mol. The number of carbonyl (C=O) groups is 1. The maximum absolute atomic E-state index is 10.9. The van der Waals surface area contributed by atoms with E-state index < -0.39 is 0 Å². The van der Waals surface area contributed by atoms with Gasteiger partial charge in [-0.25, -0.2) is 0 Å². The zero-order chi connectivity index (χ0) is 18.4. The number of rotatable bonds is 18. The smallest absolute Gasteiger partial charge is 0.305 e. The van der Waals surface area contributed by atoms with Crippen molar-refractivity contribution in [3.63, 3.8) is 0 Å². The zero-order valence-electron chi connectivity index (χ0n) is 16.9. The first-order chi connectivity index (χ1) is 12.3. The van der Waals surface area contributed by atoms with Crippen LogP contribution in [0, 0.1) is 0 Å². The summed E-state index contributed by atoms with van der Waals surface area (Å²) >= 11 is 0. The number of allylic oxidation sites excluding steroid dienone is 4. The first kappa shape index (κ1) is 23.9. The number of esters is 1. The summed E-state index contributed by atoms with van der Waals surface area (Å²) in [7, 11) is 1.44. The third kappa shape index (κ3) is 20.9. The predicted molar refractivity (Wildman–Crippen MR) is 110 cm³/mol. The molecule has 0 saturated heterocycles. The van der Waals surface area contributed by atoms with Crippen LogP contribution in [0.5, 0.6) is 0 Å². The molecule has 0 rings (SSSR count). The van der Waals surface area contributed by atoms with Crippen molar-refractivity contribution in [2.45, 2.75) is 110 Å². The average Bonchev–Trinajstić information content (AvgIpc) is 2.63. The Kier molecular flexibility index (Phi) is 20.1. The summed E-state index contributed by atoms with van der Waals surface area (Å²) in [5, 5.41) is 0. The van der Waals surface area contributed by atoms with Gasteiger partial charge < -0.3 is 4.74 Å². The van der Waals surface area contributed by atoms with Crippen LogP contribution >= 0.6 is 0 Å². The molecule has 0 spiro atoms. The molecule has 2 heteroatoms. The van der Waals surface area contributed by atoms with Crippen molar-refractivity contribution in [3.8, 4) is 0 Å². The highest BCUT2D eigenvalue weighted by molar-refractivity contribution is 5.68. The predicted octanol–water partition coefficient (Wildman–Crippen LogP) is 7.53. The van der Waals surface area contributed by atoms with E-state index in [-0.39, 0.29) is 5.97 Å². The van der Waals surface area contributed by atoms with Crippen molar-refractivity contribution in [1.82, 2.24) is 0 Å². The van der Waals surface area contributed by atoms with Crippen LogP contribution in [-0.2, 0) is 9.53 Å². The molecule has 146 valence electrons. The third-order valence-electron chi connectivity index (χ3n) is 4.54. The molecule has 25 heavy (non-hydrogen) atoms. The maximum atomic E-state index is 10.9. The largest absolute Gasteiger partial charge is 0.469 e. The van der Waals surface area contributed by atoms with Gasteiger partial charge in [-0.1, -0.05) is 89.0 Å². The standard InChI is InChI=1S/C23H42O2/c1-3-4-5-6-7-8-9-10-11-12-13-14-15-16-17-18-19-20-21-22-23(24)25-2/h14-15,18-19H,3-13,16-17,20-22H2,1-2H3. The summed E-state index contributed by atoms with van der Waals surface area (Å²) in [6.07, 6.45) is 29.0. The van der Waals surface area contributed by atoms with Gasteiger partial charge in [0.05, 0.1) is 7.11 Å². The Morgan fingerprint density at radius 2 is 1.08 bits per heavy atom. The number of unbranched alkanes of at least 4 members (excludes halogenated alkanes) is 12. The van der Waals surface area contributed by atoms with E-state index in [4.69, 9.17) is 0 Å². The summed E-state index contributed by atoms with van der Waals surface area (Å²) in [6, 6.07) is 0. The Morgan fingerprint density at radius 1 is 0.640 bits per heavy atom. The van der Waals surface area contributed by atoms with Crippen molar-refractivity contribution in [3.05, 3.63) is 24.3 Å². The molecule has 0 aromatic rings. The van der Waals surface area contributed by atoms with Gasteiger partial charge in [0.25, 0.3) is 0 Å². The van der Waals surface area contributed by atoms with Gasteiger partial charge in [0.15, 0.2) is 0 Å². The summed E-state index contributed by atoms with van der Waals surface area (Å²) in [5.74, 6) is -0.108. The second kappa shape index (κ2) is 21.0. The number of hydrogen-bond acceptors (Lipinski definition) is 2. The molecule has 0 N–H and O–H groups in total. The molecule has 0 aliphatic carbocycles. The first-order valence-corrected chi connectivity index (χ1v) is 10.7. The molecule has 0 aliphatic rings. The minimum Gasteiger partial charge on any atom is -0.469 e. The van der Waals surface area contributed by atoms with Gasteiger partial charge in [0, 0.05) is 6.42 Å². The first-order valence-electron chi connectivity index (χ1n) is 10.7. The average molecular weight is 351 g/mol. The Morgan fingerprint density at radius 3 is 1.60 bits per heavy atom. The van der Waals surface area contributed by atoms with E-state index in [1.165, 1.54) is 77.7 Å². The van der Waals surface area contributed by atoms with Crippen LogP contribution in [0.25, 0.3) is 0 Å². The lowest BCUT2D eigenvalue weighted by Gasteiger charge is -2.01. The van der Waals surface area contributed by atoms with Gasteiger partial charge >= 0.3 is 5.97 Å². The van der Waals surface area contributed by atoms with Gasteiger partial charge in [-0.05, 0) is 38.5 Å². The molecule has 0 heterocycles. The minimum atomic E-state index is -0.108. The second-order valence-corrected chi connectivity index (χ2v) is 6.96. The van der Waals surface area contributed by atoms with Gasteiger partial charge in [-0.2, -0.15) is 0 Å². The number of ether oxygens (including phenoxy) is 1. The molecule has 0 unspecified atom stereocenters. The van der Waals surface area contributed by atoms with E-state index in [0.29, 0.717) is 6.42 Å². The lowest BCUT2D eigenvalue weighted by atomic mass is 10.1. The van der Waals surface area contributed by atoms with E-state index in [1.54, 1.807) is 0 Å². The molecule has 0 radical (unpaired) electrons. The zero-order valence-corrected chi connectivity index (χ0v) is 16.9. The van der Waals surface area contributed by atoms with Crippen molar-refractivity contribution in [2.24, 2.45) is 0 Å². The van der Waals surface area contributed by atoms with Crippen molar-refractivity contribution >= 4 is 5.97 Å². The van der Waals surface area contributed by atoms with Crippen LogP contribution < -0.4 is 0 Å². The lowest BCUT2D eigenvalue weighted by molar-refractivity contribution is -0.140. The van der Waals surface area contributed by atoms with Crippen LogP contribution in [0.15, 0.2) is 24.3 Å². The summed E-state index contributed by atoms with van der Waals surface area (Å²) in [6.45, 7) is 2.28. The van der Waals surface area contributed by atoms with E-state index in [0.717, 1.165) is 25.7 Å². The Bertz CT molecular complexity index is 331. The van der Waals surface area contributed by atoms with Gasteiger partial charge in [0.1, 0.15) is 0 Å². The number of carbonyl (C=O) groups excluding carboxylic acids is 1. The van der Waals surface area contributed by atoms with Crippen molar-refractivity contribution in [1.29, 1.82) is 0 Å². The second-order valence-electron chi connectivity index (χ2n) is 6.96. The van der Waals surface area contributed by atoms with Crippen molar-refractivity contribution < 1.29 is 9.53 Å². The maximum Gasteiger partial charge on any atom is 0.305 e. The van der Waals surface area contributed by atoms with Crippen LogP contribution in [0.3, 0.4) is 0 Å². The fourth-order valence-corrected chi connectivity index (χ4v) is 2.88.